The average Bonchev–Trinajstić information content (AvgIpc) is 3.20. The van der Waals surface area contributed by atoms with E-state index in [0.29, 0.717) is 11.9 Å². The van der Waals surface area contributed by atoms with Gasteiger partial charge in [-0.25, -0.2) is 15.0 Å². The fourth-order valence-corrected chi connectivity index (χ4v) is 4.59. The van der Waals surface area contributed by atoms with Crippen LogP contribution in [-0.4, -0.2) is 50.9 Å². The second-order valence-electron chi connectivity index (χ2n) is 8.51. The van der Waals surface area contributed by atoms with Gasteiger partial charge in [-0.05, 0) is 43.4 Å². The number of pyridine rings is 1. The highest BCUT2D eigenvalue weighted by atomic mass is 15.3. The molecule has 3 aromatic heterocycles. The van der Waals surface area contributed by atoms with Crippen LogP contribution in [0, 0.1) is 0 Å². The number of anilines is 3. The summed E-state index contributed by atoms with van der Waals surface area (Å²) in [5.74, 6) is 1.71. The molecule has 0 aromatic carbocycles. The van der Waals surface area contributed by atoms with Gasteiger partial charge in [-0.2, -0.15) is 5.10 Å². The van der Waals surface area contributed by atoms with Crippen molar-refractivity contribution in [3.8, 4) is 11.3 Å². The molecule has 3 aromatic rings. The second kappa shape index (κ2) is 8.26. The third-order valence-electron chi connectivity index (χ3n) is 6.11. The van der Waals surface area contributed by atoms with E-state index >= 15 is 0 Å². The van der Waals surface area contributed by atoms with Crippen LogP contribution in [0.5, 0.6) is 0 Å². The van der Waals surface area contributed by atoms with Gasteiger partial charge in [0.15, 0.2) is 0 Å². The van der Waals surface area contributed by atoms with Gasteiger partial charge in [0.25, 0.3) is 0 Å². The fourth-order valence-electron chi connectivity index (χ4n) is 4.59. The number of hydrogen-bond donors (Lipinski definition) is 2. The van der Waals surface area contributed by atoms with Crippen LogP contribution >= 0.6 is 0 Å². The van der Waals surface area contributed by atoms with Crippen molar-refractivity contribution in [2.75, 3.05) is 36.4 Å². The van der Waals surface area contributed by atoms with Gasteiger partial charge in [0.1, 0.15) is 5.82 Å². The molecule has 1 aliphatic heterocycles. The van der Waals surface area contributed by atoms with Gasteiger partial charge in [0.05, 0.1) is 29.0 Å². The Bertz CT molecular complexity index is 1060. The zero-order valence-corrected chi connectivity index (χ0v) is 18.5. The SMILES string of the molecule is CCn1nc2c(c1C(C)C)-c1nc(Nc3ccc(N4CCNCC4)cn3)ncc1CC2. The van der Waals surface area contributed by atoms with Crippen molar-refractivity contribution in [1.82, 2.24) is 30.0 Å². The molecule has 2 aliphatic rings. The van der Waals surface area contributed by atoms with Crippen molar-refractivity contribution in [2.45, 2.75) is 46.1 Å². The van der Waals surface area contributed by atoms with Gasteiger partial charge in [-0.15, -0.1) is 0 Å². The summed E-state index contributed by atoms with van der Waals surface area (Å²) in [5.41, 5.74) is 6.97. The zero-order valence-electron chi connectivity index (χ0n) is 18.5. The van der Waals surface area contributed by atoms with E-state index in [-0.39, 0.29) is 0 Å². The van der Waals surface area contributed by atoms with Crippen molar-refractivity contribution in [3.63, 3.8) is 0 Å². The fraction of sp³-hybridized carbons (Fsp3) is 0.478. The summed E-state index contributed by atoms with van der Waals surface area (Å²) < 4.78 is 2.13. The second-order valence-corrected chi connectivity index (χ2v) is 8.51. The predicted molar refractivity (Wildman–Crippen MR) is 123 cm³/mol. The molecule has 8 heteroatoms. The first-order chi connectivity index (χ1) is 15.1. The number of rotatable bonds is 5. The lowest BCUT2D eigenvalue weighted by atomic mass is 9.90. The van der Waals surface area contributed by atoms with Gasteiger partial charge < -0.3 is 15.5 Å². The summed E-state index contributed by atoms with van der Waals surface area (Å²) in [5, 5.41) is 11.5. The molecule has 0 amide bonds. The third kappa shape index (κ3) is 3.76. The Kier molecular flexibility index (Phi) is 5.31. The highest BCUT2D eigenvalue weighted by Crippen LogP contribution is 2.38. The number of nitrogens with one attached hydrogen (secondary N) is 2. The number of hydrogen-bond acceptors (Lipinski definition) is 7. The van der Waals surface area contributed by atoms with E-state index in [1.54, 1.807) is 0 Å². The quantitative estimate of drug-likeness (QED) is 0.659. The van der Waals surface area contributed by atoms with Crippen molar-refractivity contribution in [2.24, 2.45) is 0 Å². The standard InChI is InChI=1S/C23H30N8/c1-4-31-22(15(2)3)20-18(29-31)7-5-16-13-26-23(28-21(16)20)27-19-8-6-17(14-25-19)30-11-9-24-10-12-30/h6,8,13-15,24H,4-5,7,9-12H2,1-3H3,(H,25,26,27,28). The molecule has 2 N–H and O–H groups in total. The minimum Gasteiger partial charge on any atom is -0.368 e. The maximum atomic E-state index is 4.92. The van der Waals surface area contributed by atoms with Crippen molar-refractivity contribution in [1.29, 1.82) is 0 Å². The molecule has 1 fully saturated rings. The summed E-state index contributed by atoms with van der Waals surface area (Å²) in [7, 11) is 0. The van der Waals surface area contributed by atoms with Crippen LogP contribution in [0.1, 0.15) is 43.6 Å². The van der Waals surface area contributed by atoms with Crippen molar-refractivity contribution in [3.05, 3.63) is 41.5 Å². The minimum absolute atomic E-state index is 0.382. The topological polar surface area (TPSA) is 83.8 Å². The first kappa shape index (κ1) is 19.9. The molecular formula is C23H30N8. The monoisotopic (exact) mass is 418 g/mol. The molecule has 0 unspecified atom stereocenters. The molecule has 1 saturated heterocycles. The Morgan fingerprint density at radius 2 is 1.94 bits per heavy atom. The first-order valence-electron chi connectivity index (χ1n) is 11.3. The maximum absolute atomic E-state index is 4.92. The van der Waals surface area contributed by atoms with E-state index in [1.165, 1.54) is 16.8 Å². The van der Waals surface area contributed by atoms with Crippen LogP contribution < -0.4 is 15.5 Å². The van der Waals surface area contributed by atoms with Crippen molar-refractivity contribution < 1.29 is 0 Å². The van der Waals surface area contributed by atoms with Gasteiger partial charge in [0, 0.05) is 44.5 Å². The van der Waals surface area contributed by atoms with E-state index in [1.807, 2.05) is 18.5 Å². The van der Waals surface area contributed by atoms with Gasteiger partial charge >= 0.3 is 0 Å². The molecule has 31 heavy (non-hydrogen) atoms. The largest absolute Gasteiger partial charge is 0.368 e. The van der Waals surface area contributed by atoms with Crippen molar-refractivity contribution >= 4 is 17.5 Å². The molecule has 0 bridgehead atoms. The van der Waals surface area contributed by atoms with Crippen LogP contribution in [0.2, 0.25) is 0 Å². The molecule has 162 valence electrons. The van der Waals surface area contributed by atoms with E-state index in [0.717, 1.165) is 68.5 Å². The lowest BCUT2D eigenvalue weighted by Crippen LogP contribution is -2.43. The van der Waals surface area contributed by atoms with E-state index in [9.17, 15) is 0 Å². The van der Waals surface area contributed by atoms with Crippen LogP contribution in [0.4, 0.5) is 17.5 Å². The van der Waals surface area contributed by atoms with E-state index < -0.39 is 0 Å². The Morgan fingerprint density at radius 3 is 2.65 bits per heavy atom. The van der Waals surface area contributed by atoms with Gasteiger partial charge in [0.2, 0.25) is 5.95 Å². The summed E-state index contributed by atoms with van der Waals surface area (Å²) in [4.78, 5) is 16.4. The van der Waals surface area contributed by atoms with E-state index in [4.69, 9.17) is 10.1 Å². The summed E-state index contributed by atoms with van der Waals surface area (Å²) >= 11 is 0. The molecule has 0 radical (unpaired) electrons. The van der Waals surface area contributed by atoms with Gasteiger partial charge in [-0.1, -0.05) is 13.8 Å². The Labute approximate surface area is 183 Å². The molecule has 8 nitrogen and oxygen atoms in total. The van der Waals surface area contributed by atoms with Gasteiger partial charge in [-0.3, -0.25) is 4.68 Å². The summed E-state index contributed by atoms with van der Waals surface area (Å²) in [6.45, 7) is 11.5. The predicted octanol–water partition coefficient (Wildman–Crippen LogP) is 3.13. The van der Waals surface area contributed by atoms with E-state index in [2.05, 4.69) is 57.0 Å². The van der Waals surface area contributed by atoms with Crippen LogP contribution in [0.15, 0.2) is 24.5 Å². The smallest absolute Gasteiger partial charge is 0.228 e. The lowest BCUT2D eigenvalue weighted by molar-refractivity contribution is 0.589. The minimum atomic E-state index is 0.382. The molecule has 1 aliphatic carbocycles. The number of piperazine rings is 1. The maximum Gasteiger partial charge on any atom is 0.228 e. The molecular weight excluding hydrogens is 388 g/mol. The molecule has 0 atom stereocenters. The first-order valence-corrected chi connectivity index (χ1v) is 11.3. The van der Waals surface area contributed by atoms with Crippen LogP contribution in [0.3, 0.4) is 0 Å². The normalized spacial score (nSPS) is 15.7. The lowest BCUT2D eigenvalue weighted by Gasteiger charge is -2.29. The zero-order chi connectivity index (χ0) is 21.4. The van der Waals surface area contributed by atoms with Crippen LogP contribution in [0.25, 0.3) is 11.3 Å². The molecule has 5 rings (SSSR count). The number of fused-ring (bicyclic) bond motifs is 3. The molecule has 0 spiro atoms. The number of nitrogens with zero attached hydrogens (tertiary/aromatic N) is 6. The van der Waals surface area contributed by atoms with Crippen LogP contribution in [-0.2, 0) is 19.4 Å². The highest BCUT2D eigenvalue weighted by molar-refractivity contribution is 5.72. The summed E-state index contributed by atoms with van der Waals surface area (Å²) in [6.07, 6.45) is 5.75. The summed E-state index contributed by atoms with van der Waals surface area (Å²) in [6, 6.07) is 4.11. The highest BCUT2D eigenvalue weighted by Gasteiger charge is 2.28. The molecule has 4 heterocycles. The third-order valence-corrected chi connectivity index (χ3v) is 6.11. The Morgan fingerprint density at radius 1 is 1.10 bits per heavy atom. The Balaban J connectivity index is 1.43. The number of aryl methyl sites for hydroxylation is 3. The Hall–Kier alpha value is -3.00. The number of aromatic nitrogens is 5. The molecule has 0 saturated carbocycles. The average molecular weight is 419 g/mol.